The van der Waals surface area contributed by atoms with Gasteiger partial charge in [0.05, 0.1) is 16.0 Å². The number of ether oxygens (including phenoxy) is 1. The molecule has 0 spiro atoms. The largest absolute Gasteiger partial charge is 0.456 e. The SMILES string of the molecule is CCC(N)c1ccc(Oc2cc([N+](=O)[O-])ccc2Cl)cc1. The van der Waals surface area contributed by atoms with E-state index in [0.29, 0.717) is 10.8 Å². The van der Waals surface area contributed by atoms with Crippen LogP contribution >= 0.6 is 11.6 Å². The zero-order valence-corrected chi connectivity index (χ0v) is 12.2. The molecule has 110 valence electrons. The van der Waals surface area contributed by atoms with E-state index >= 15 is 0 Å². The summed E-state index contributed by atoms with van der Waals surface area (Å²) < 4.78 is 5.59. The van der Waals surface area contributed by atoms with Crippen molar-refractivity contribution in [2.24, 2.45) is 5.73 Å². The first-order valence-electron chi connectivity index (χ1n) is 6.48. The van der Waals surface area contributed by atoms with Crippen LogP contribution in [0.5, 0.6) is 11.5 Å². The Kier molecular flexibility index (Phi) is 4.77. The average Bonchev–Trinajstić information content (AvgIpc) is 2.49. The summed E-state index contributed by atoms with van der Waals surface area (Å²) in [5.74, 6) is 0.794. The summed E-state index contributed by atoms with van der Waals surface area (Å²) in [6, 6.07) is 11.3. The van der Waals surface area contributed by atoms with Gasteiger partial charge in [0.1, 0.15) is 5.75 Å². The van der Waals surface area contributed by atoms with Gasteiger partial charge < -0.3 is 10.5 Å². The van der Waals surface area contributed by atoms with E-state index in [-0.39, 0.29) is 17.5 Å². The number of hydrogen-bond acceptors (Lipinski definition) is 4. The molecule has 0 heterocycles. The molecule has 1 atom stereocenters. The molecule has 2 aromatic rings. The molecular formula is C15H15ClN2O3. The van der Waals surface area contributed by atoms with Gasteiger partial charge in [-0.15, -0.1) is 0 Å². The highest BCUT2D eigenvalue weighted by Gasteiger charge is 2.12. The van der Waals surface area contributed by atoms with Crippen LogP contribution in [-0.2, 0) is 0 Å². The van der Waals surface area contributed by atoms with Crippen molar-refractivity contribution in [2.75, 3.05) is 0 Å². The number of hydrogen-bond donors (Lipinski definition) is 1. The number of rotatable bonds is 5. The summed E-state index contributed by atoms with van der Waals surface area (Å²) in [4.78, 5) is 10.3. The van der Waals surface area contributed by atoms with E-state index in [1.54, 1.807) is 12.1 Å². The fourth-order valence-electron chi connectivity index (χ4n) is 1.83. The lowest BCUT2D eigenvalue weighted by atomic mass is 10.1. The molecule has 2 aromatic carbocycles. The van der Waals surface area contributed by atoms with Gasteiger partial charge >= 0.3 is 0 Å². The Balaban J connectivity index is 2.22. The number of nitro groups is 1. The monoisotopic (exact) mass is 306 g/mol. The van der Waals surface area contributed by atoms with Crippen molar-refractivity contribution < 1.29 is 9.66 Å². The molecule has 0 fully saturated rings. The fraction of sp³-hybridized carbons (Fsp3) is 0.200. The van der Waals surface area contributed by atoms with Gasteiger partial charge in [-0.3, -0.25) is 10.1 Å². The molecule has 0 aromatic heterocycles. The minimum atomic E-state index is -0.493. The van der Waals surface area contributed by atoms with Gasteiger partial charge in [0.2, 0.25) is 0 Å². The Morgan fingerprint density at radius 3 is 2.52 bits per heavy atom. The highest BCUT2D eigenvalue weighted by molar-refractivity contribution is 6.32. The van der Waals surface area contributed by atoms with Crippen LogP contribution in [0, 0.1) is 10.1 Å². The number of halogens is 1. The second kappa shape index (κ2) is 6.56. The predicted molar refractivity (Wildman–Crippen MR) is 81.8 cm³/mol. The molecule has 0 radical (unpaired) electrons. The van der Waals surface area contributed by atoms with Crippen LogP contribution in [-0.4, -0.2) is 4.92 Å². The molecule has 0 aliphatic heterocycles. The van der Waals surface area contributed by atoms with Crippen LogP contribution in [0.2, 0.25) is 5.02 Å². The Bertz CT molecular complexity index is 644. The number of non-ortho nitro benzene ring substituents is 1. The van der Waals surface area contributed by atoms with Gasteiger partial charge in [0.15, 0.2) is 5.75 Å². The van der Waals surface area contributed by atoms with Crippen LogP contribution in [0.25, 0.3) is 0 Å². The summed E-state index contributed by atoms with van der Waals surface area (Å²) in [5, 5.41) is 11.1. The fourth-order valence-corrected chi connectivity index (χ4v) is 1.99. The Labute approximate surface area is 127 Å². The van der Waals surface area contributed by atoms with Crippen molar-refractivity contribution in [3.05, 3.63) is 63.2 Å². The second-order valence-corrected chi connectivity index (χ2v) is 4.96. The summed E-state index contributed by atoms with van der Waals surface area (Å²) in [6.07, 6.45) is 0.844. The second-order valence-electron chi connectivity index (χ2n) is 4.56. The van der Waals surface area contributed by atoms with Gasteiger partial charge in [-0.1, -0.05) is 30.7 Å². The first kappa shape index (κ1) is 15.3. The molecule has 6 heteroatoms. The van der Waals surface area contributed by atoms with Crippen LogP contribution < -0.4 is 10.5 Å². The first-order chi connectivity index (χ1) is 10.0. The quantitative estimate of drug-likeness (QED) is 0.654. The molecule has 0 aliphatic rings. The minimum absolute atomic E-state index is 0.0135. The molecule has 1 unspecified atom stereocenters. The van der Waals surface area contributed by atoms with E-state index < -0.39 is 4.92 Å². The highest BCUT2D eigenvalue weighted by Crippen LogP contribution is 2.33. The van der Waals surface area contributed by atoms with Gasteiger partial charge in [-0.25, -0.2) is 0 Å². The molecule has 21 heavy (non-hydrogen) atoms. The van der Waals surface area contributed by atoms with Crippen molar-refractivity contribution in [3.8, 4) is 11.5 Å². The lowest BCUT2D eigenvalue weighted by Crippen LogP contribution is -2.08. The van der Waals surface area contributed by atoms with E-state index in [1.165, 1.54) is 18.2 Å². The maximum Gasteiger partial charge on any atom is 0.273 e. The standard InChI is InChI=1S/C15H15ClN2O3/c1-2-14(17)10-3-6-12(7-4-10)21-15-9-11(18(19)20)5-8-13(15)16/h3-9,14H,2,17H2,1H3. The summed E-state index contributed by atoms with van der Waals surface area (Å²) in [7, 11) is 0. The van der Waals surface area contributed by atoms with E-state index in [4.69, 9.17) is 22.1 Å². The molecule has 0 amide bonds. The molecule has 0 saturated heterocycles. The van der Waals surface area contributed by atoms with Gasteiger partial charge in [0, 0.05) is 12.1 Å². The predicted octanol–water partition coefficient (Wildman–Crippen LogP) is 4.45. The third-order valence-electron chi connectivity index (χ3n) is 3.10. The normalized spacial score (nSPS) is 12.0. The number of nitrogens with zero attached hydrogens (tertiary/aromatic N) is 1. The third kappa shape index (κ3) is 3.71. The summed E-state index contributed by atoms with van der Waals surface area (Å²) in [5.41, 5.74) is 6.88. The number of nitrogens with two attached hydrogens (primary N) is 1. The van der Waals surface area contributed by atoms with E-state index in [1.807, 2.05) is 19.1 Å². The zero-order chi connectivity index (χ0) is 15.4. The molecule has 2 rings (SSSR count). The Hall–Kier alpha value is -2.11. The average molecular weight is 307 g/mol. The molecule has 0 saturated carbocycles. The van der Waals surface area contributed by atoms with Crippen molar-refractivity contribution in [1.29, 1.82) is 0 Å². The number of nitro benzene ring substituents is 1. The minimum Gasteiger partial charge on any atom is -0.456 e. The van der Waals surface area contributed by atoms with Crippen LogP contribution in [0.3, 0.4) is 0 Å². The van der Waals surface area contributed by atoms with Crippen molar-refractivity contribution >= 4 is 17.3 Å². The third-order valence-corrected chi connectivity index (χ3v) is 3.41. The Morgan fingerprint density at radius 1 is 1.29 bits per heavy atom. The highest BCUT2D eigenvalue weighted by atomic mass is 35.5. The molecule has 2 N–H and O–H groups in total. The van der Waals surface area contributed by atoms with Crippen molar-refractivity contribution in [2.45, 2.75) is 19.4 Å². The van der Waals surface area contributed by atoms with Gasteiger partial charge in [0.25, 0.3) is 5.69 Å². The lowest BCUT2D eigenvalue weighted by molar-refractivity contribution is -0.384. The molecular weight excluding hydrogens is 292 g/mol. The first-order valence-corrected chi connectivity index (χ1v) is 6.86. The molecule has 5 nitrogen and oxygen atoms in total. The van der Waals surface area contributed by atoms with E-state index in [0.717, 1.165) is 12.0 Å². The van der Waals surface area contributed by atoms with Crippen LogP contribution in [0.15, 0.2) is 42.5 Å². The van der Waals surface area contributed by atoms with Gasteiger partial charge in [-0.05, 0) is 30.2 Å². The number of benzene rings is 2. The maximum absolute atomic E-state index is 10.8. The lowest BCUT2D eigenvalue weighted by Gasteiger charge is -2.11. The molecule has 0 aliphatic carbocycles. The Morgan fingerprint density at radius 2 is 1.95 bits per heavy atom. The topological polar surface area (TPSA) is 78.4 Å². The summed E-state index contributed by atoms with van der Waals surface area (Å²) in [6.45, 7) is 2.01. The smallest absolute Gasteiger partial charge is 0.273 e. The maximum atomic E-state index is 10.8. The van der Waals surface area contributed by atoms with Gasteiger partial charge in [-0.2, -0.15) is 0 Å². The van der Waals surface area contributed by atoms with Crippen LogP contribution in [0.1, 0.15) is 24.9 Å². The van der Waals surface area contributed by atoms with Crippen molar-refractivity contribution in [1.82, 2.24) is 0 Å². The van der Waals surface area contributed by atoms with E-state index in [9.17, 15) is 10.1 Å². The van der Waals surface area contributed by atoms with Crippen molar-refractivity contribution in [3.63, 3.8) is 0 Å². The summed E-state index contributed by atoms with van der Waals surface area (Å²) >= 11 is 5.99. The molecule has 0 bridgehead atoms. The van der Waals surface area contributed by atoms with Crippen LogP contribution in [0.4, 0.5) is 5.69 Å². The van der Waals surface area contributed by atoms with E-state index in [2.05, 4.69) is 0 Å². The zero-order valence-electron chi connectivity index (χ0n) is 11.5.